The molecule has 0 saturated carbocycles. The topological polar surface area (TPSA) is 54.3 Å². The third-order valence-corrected chi connectivity index (χ3v) is 5.33. The fourth-order valence-corrected chi connectivity index (χ4v) is 3.75. The molecule has 0 N–H and O–H groups in total. The number of rotatable bonds is 5. The minimum atomic E-state index is -0.0628. The van der Waals surface area contributed by atoms with Gasteiger partial charge in [0.25, 0.3) is 0 Å². The first-order chi connectivity index (χ1) is 13.8. The molecular formula is C22H25N5O. The summed E-state index contributed by atoms with van der Waals surface area (Å²) in [4.78, 5) is 26.1. The number of aromatic nitrogens is 3. The van der Waals surface area contributed by atoms with E-state index >= 15 is 0 Å². The largest absolute Gasteiger partial charge is 0.353 e. The lowest BCUT2D eigenvalue weighted by atomic mass is 9.95. The maximum absolute atomic E-state index is 13.1. The molecule has 4 rings (SSSR count). The summed E-state index contributed by atoms with van der Waals surface area (Å²) in [6.45, 7) is 5.06. The van der Waals surface area contributed by atoms with Crippen molar-refractivity contribution in [1.82, 2.24) is 19.4 Å². The van der Waals surface area contributed by atoms with Crippen molar-refractivity contribution in [3.8, 4) is 5.82 Å². The SMILES string of the molecule is CC[C@H](C(=O)N1CCN(c2cc(-n3cccc3)ncn2)CC1)c1ccccc1. The molecule has 1 atom stereocenters. The van der Waals surface area contributed by atoms with Crippen LogP contribution in [0.2, 0.25) is 0 Å². The molecule has 28 heavy (non-hydrogen) atoms. The molecule has 1 aromatic carbocycles. The Bertz CT molecular complexity index is 902. The predicted octanol–water partition coefficient (Wildman–Crippen LogP) is 3.11. The molecule has 6 heteroatoms. The van der Waals surface area contributed by atoms with Crippen LogP contribution in [-0.2, 0) is 4.79 Å². The standard InChI is InChI=1S/C22H25N5O/c1-2-19(18-8-4-3-5-9-18)22(28)27-14-12-26(13-15-27)21-16-20(23-17-24-21)25-10-6-7-11-25/h3-11,16-17,19H,2,12-15H2,1H3/t19-/m0/s1. The molecule has 1 aliphatic heterocycles. The Labute approximate surface area is 165 Å². The van der Waals surface area contributed by atoms with E-state index in [1.165, 1.54) is 0 Å². The van der Waals surface area contributed by atoms with E-state index in [0.717, 1.165) is 36.7 Å². The smallest absolute Gasteiger partial charge is 0.230 e. The second-order valence-electron chi connectivity index (χ2n) is 7.01. The second kappa shape index (κ2) is 8.25. The van der Waals surface area contributed by atoms with E-state index in [0.29, 0.717) is 13.1 Å². The first-order valence-corrected chi connectivity index (χ1v) is 9.80. The first-order valence-electron chi connectivity index (χ1n) is 9.80. The number of carbonyl (C=O) groups excluding carboxylic acids is 1. The molecule has 2 aromatic heterocycles. The van der Waals surface area contributed by atoms with Crippen LogP contribution in [0.1, 0.15) is 24.8 Å². The van der Waals surface area contributed by atoms with E-state index < -0.39 is 0 Å². The lowest BCUT2D eigenvalue weighted by Crippen LogP contribution is -2.50. The molecule has 0 bridgehead atoms. The lowest BCUT2D eigenvalue weighted by Gasteiger charge is -2.37. The van der Waals surface area contributed by atoms with Crippen molar-refractivity contribution in [1.29, 1.82) is 0 Å². The number of piperazine rings is 1. The van der Waals surface area contributed by atoms with Gasteiger partial charge in [0.2, 0.25) is 5.91 Å². The fourth-order valence-electron chi connectivity index (χ4n) is 3.75. The van der Waals surface area contributed by atoms with Gasteiger partial charge >= 0.3 is 0 Å². The third-order valence-electron chi connectivity index (χ3n) is 5.33. The van der Waals surface area contributed by atoms with Crippen molar-refractivity contribution in [3.05, 3.63) is 72.8 Å². The molecule has 1 amide bonds. The van der Waals surface area contributed by atoms with Crippen LogP contribution in [0.15, 0.2) is 67.3 Å². The highest BCUT2D eigenvalue weighted by Gasteiger charge is 2.28. The van der Waals surface area contributed by atoms with Gasteiger partial charge in [-0.15, -0.1) is 0 Å². The Morgan fingerprint density at radius 1 is 0.964 bits per heavy atom. The highest BCUT2D eigenvalue weighted by molar-refractivity contribution is 5.84. The summed E-state index contributed by atoms with van der Waals surface area (Å²) in [5, 5.41) is 0. The van der Waals surface area contributed by atoms with Gasteiger partial charge in [0.15, 0.2) is 0 Å². The zero-order valence-corrected chi connectivity index (χ0v) is 16.1. The maximum atomic E-state index is 13.1. The highest BCUT2D eigenvalue weighted by Crippen LogP contribution is 2.23. The summed E-state index contributed by atoms with van der Waals surface area (Å²) in [5.41, 5.74) is 1.10. The molecule has 0 spiro atoms. The molecule has 0 aliphatic carbocycles. The number of nitrogens with zero attached hydrogens (tertiary/aromatic N) is 5. The first kappa shape index (κ1) is 18.2. The van der Waals surface area contributed by atoms with Crippen LogP contribution in [0.5, 0.6) is 0 Å². The van der Waals surface area contributed by atoms with Crippen molar-refractivity contribution in [2.45, 2.75) is 19.3 Å². The fraction of sp³-hybridized carbons (Fsp3) is 0.318. The summed E-state index contributed by atoms with van der Waals surface area (Å²) in [7, 11) is 0. The van der Waals surface area contributed by atoms with Gasteiger partial charge in [0.1, 0.15) is 18.0 Å². The molecule has 1 saturated heterocycles. The number of anilines is 1. The molecule has 3 aromatic rings. The Hall–Kier alpha value is -3.15. The molecular weight excluding hydrogens is 350 g/mol. The molecule has 3 heterocycles. The zero-order valence-electron chi connectivity index (χ0n) is 16.1. The number of amides is 1. The predicted molar refractivity (Wildman–Crippen MR) is 110 cm³/mol. The van der Waals surface area contributed by atoms with Gasteiger partial charge in [-0.1, -0.05) is 37.3 Å². The van der Waals surface area contributed by atoms with Crippen LogP contribution in [-0.4, -0.2) is 51.5 Å². The quantitative estimate of drug-likeness (QED) is 0.688. The monoisotopic (exact) mass is 375 g/mol. The molecule has 144 valence electrons. The Kier molecular flexibility index (Phi) is 5.37. The van der Waals surface area contributed by atoms with Crippen molar-refractivity contribution < 1.29 is 4.79 Å². The average molecular weight is 375 g/mol. The second-order valence-corrected chi connectivity index (χ2v) is 7.01. The number of benzene rings is 1. The van der Waals surface area contributed by atoms with Crippen LogP contribution in [0.4, 0.5) is 5.82 Å². The summed E-state index contributed by atoms with van der Waals surface area (Å²) < 4.78 is 1.97. The maximum Gasteiger partial charge on any atom is 0.230 e. The summed E-state index contributed by atoms with van der Waals surface area (Å²) in [5.74, 6) is 1.92. The van der Waals surface area contributed by atoms with E-state index in [4.69, 9.17) is 0 Å². The van der Waals surface area contributed by atoms with Crippen LogP contribution >= 0.6 is 0 Å². The van der Waals surface area contributed by atoms with Crippen LogP contribution in [0.25, 0.3) is 5.82 Å². The Morgan fingerprint density at radius 3 is 2.32 bits per heavy atom. The molecule has 0 unspecified atom stereocenters. The van der Waals surface area contributed by atoms with Gasteiger partial charge in [-0.3, -0.25) is 4.79 Å². The van der Waals surface area contributed by atoms with Gasteiger partial charge in [-0.2, -0.15) is 0 Å². The van der Waals surface area contributed by atoms with Gasteiger partial charge in [0, 0.05) is 44.6 Å². The van der Waals surface area contributed by atoms with Crippen molar-refractivity contribution in [3.63, 3.8) is 0 Å². The van der Waals surface area contributed by atoms with Crippen LogP contribution in [0, 0.1) is 0 Å². The van der Waals surface area contributed by atoms with E-state index in [1.54, 1.807) is 6.33 Å². The number of hydrogen-bond acceptors (Lipinski definition) is 4. The van der Waals surface area contributed by atoms with Crippen molar-refractivity contribution >= 4 is 11.7 Å². The lowest BCUT2D eigenvalue weighted by molar-refractivity contribution is -0.133. The molecule has 1 fully saturated rings. The summed E-state index contributed by atoms with van der Waals surface area (Å²) in [6.07, 6.45) is 6.36. The minimum Gasteiger partial charge on any atom is -0.353 e. The summed E-state index contributed by atoms with van der Waals surface area (Å²) >= 11 is 0. The summed E-state index contributed by atoms with van der Waals surface area (Å²) in [6, 6.07) is 16.0. The van der Waals surface area contributed by atoms with Gasteiger partial charge in [-0.25, -0.2) is 9.97 Å². The zero-order chi connectivity index (χ0) is 19.3. The third kappa shape index (κ3) is 3.76. The number of carbonyl (C=O) groups is 1. The highest BCUT2D eigenvalue weighted by atomic mass is 16.2. The minimum absolute atomic E-state index is 0.0628. The van der Waals surface area contributed by atoms with Gasteiger partial charge in [0.05, 0.1) is 5.92 Å². The van der Waals surface area contributed by atoms with E-state index in [1.807, 2.05) is 70.4 Å². The van der Waals surface area contributed by atoms with E-state index in [2.05, 4.69) is 21.8 Å². The van der Waals surface area contributed by atoms with E-state index in [-0.39, 0.29) is 11.8 Å². The number of hydrogen-bond donors (Lipinski definition) is 0. The molecule has 6 nitrogen and oxygen atoms in total. The van der Waals surface area contributed by atoms with Crippen LogP contribution < -0.4 is 4.90 Å². The molecule has 1 aliphatic rings. The van der Waals surface area contributed by atoms with Gasteiger partial charge in [-0.05, 0) is 24.1 Å². The van der Waals surface area contributed by atoms with Crippen molar-refractivity contribution in [2.75, 3.05) is 31.1 Å². The Balaban J connectivity index is 1.42. The van der Waals surface area contributed by atoms with Gasteiger partial charge < -0.3 is 14.4 Å². The molecule has 0 radical (unpaired) electrons. The van der Waals surface area contributed by atoms with Crippen LogP contribution in [0.3, 0.4) is 0 Å². The Morgan fingerprint density at radius 2 is 1.64 bits per heavy atom. The average Bonchev–Trinajstić information content (AvgIpc) is 3.30. The normalized spacial score (nSPS) is 15.5. The van der Waals surface area contributed by atoms with Crippen molar-refractivity contribution in [2.24, 2.45) is 0 Å². The van der Waals surface area contributed by atoms with E-state index in [9.17, 15) is 4.79 Å².